The molecule has 2 fully saturated rings. The third-order valence-corrected chi connectivity index (χ3v) is 4.78. The molecule has 128 valence electrons. The van der Waals surface area contributed by atoms with Crippen LogP contribution in [0, 0.1) is 5.82 Å². The molecule has 2 atom stereocenters. The van der Waals surface area contributed by atoms with Gasteiger partial charge in [-0.2, -0.15) is 0 Å². The third kappa shape index (κ3) is 3.30. The van der Waals surface area contributed by atoms with E-state index < -0.39 is 5.82 Å². The van der Waals surface area contributed by atoms with Crippen LogP contribution in [0.3, 0.4) is 0 Å². The minimum absolute atomic E-state index is 0.0641. The van der Waals surface area contributed by atoms with E-state index in [0.29, 0.717) is 6.61 Å². The predicted molar refractivity (Wildman–Crippen MR) is 85.1 cm³/mol. The van der Waals surface area contributed by atoms with Crippen LogP contribution in [-0.4, -0.2) is 41.3 Å². The van der Waals surface area contributed by atoms with Crippen molar-refractivity contribution in [2.75, 3.05) is 19.7 Å². The maximum Gasteiger partial charge on any atom is 0.250 e. The molecule has 1 spiro atoms. The zero-order valence-corrected chi connectivity index (χ0v) is 13.5. The number of likely N-dealkylation sites (tertiary alicyclic amines) is 1. The van der Waals surface area contributed by atoms with E-state index in [9.17, 15) is 4.39 Å². The zero-order chi connectivity index (χ0) is 16.4. The van der Waals surface area contributed by atoms with Crippen molar-refractivity contribution in [1.82, 2.24) is 9.88 Å². The number of ether oxygens (including phenoxy) is 2. The predicted octanol–water partition coefficient (Wildman–Crippen LogP) is 3.02. The lowest BCUT2D eigenvalue weighted by Gasteiger charge is -2.39. The largest absolute Gasteiger partial charge is 0.472 e. The molecule has 2 aliphatic heterocycles. The van der Waals surface area contributed by atoms with Crippen LogP contribution < -0.4 is 4.74 Å². The van der Waals surface area contributed by atoms with Gasteiger partial charge < -0.3 is 13.9 Å². The minimum atomic E-state index is -0.427. The minimum Gasteiger partial charge on any atom is -0.472 e. The van der Waals surface area contributed by atoms with Crippen LogP contribution in [0.4, 0.5) is 4.39 Å². The number of pyridine rings is 1. The second-order valence-corrected chi connectivity index (χ2v) is 6.67. The summed E-state index contributed by atoms with van der Waals surface area (Å²) < 4.78 is 30.7. The first-order chi connectivity index (χ1) is 11.7. The molecule has 2 saturated heterocycles. The molecular weight excluding hydrogens is 311 g/mol. The monoisotopic (exact) mass is 332 g/mol. The fraction of sp³-hybridized carbons (Fsp3) is 0.500. The second-order valence-electron chi connectivity index (χ2n) is 6.67. The van der Waals surface area contributed by atoms with E-state index >= 15 is 0 Å². The van der Waals surface area contributed by atoms with Crippen LogP contribution in [0.5, 0.6) is 5.88 Å². The van der Waals surface area contributed by atoms with Gasteiger partial charge in [-0.05, 0) is 37.6 Å². The average Bonchev–Trinajstić information content (AvgIpc) is 3.21. The first-order valence-corrected chi connectivity index (χ1v) is 8.37. The summed E-state index contributed by atoms with van der Waals surface area (Å²) >= 11 is 0. The van der Waals surface area contributed by atoms with Crippen molar-refractivity contribution < 1.29 is 18.3 Å². The average molecular weight is 332 g/mol. The topological polar surface area (TPSA) is 47.7 Å². The highest BCUT2D eigenvalue weighted by molar-refractivity contribution is 5.14. The van der Waals surface area contributed by atoms with Gasteiger partial charge in [0.25, 0.3) is 5.88 Å². The van der Waals surface area contributed by atoms with Gasteiger partial charge in [0.1, 0.15) is 6.10 Å². The smallest absolute Gasteiger partial charge is 0.250 e. The van der Waals surface area contributed by atoms with Gasteiger partial charge in [-0.3, -0.25) is 4.90 Å². The van der Waals surface area contributed by atoms with Gasteiger partial charge >= 0.3 is 0 Å². The summed E-state index contributed by atoms with van der Waals surface area (Å²) in [5.74, 6) is -0.363. The Labute approximate surface area is 140 Å². The van der Waals surface area contributed by atoms with Crippen molar-refractivity contribution in [3.05, 3.63) is 48.3 Å². The van der Waals surface area contributed by atoms with E-state index in [1.165, 1.54) is 17.8 Å². The molecule has 0 aliphatic carbocycles. The third-order valence-electron chi connectivity index (χ3n) is 4.78. The van der Waals surface area contributed by atoms with Gasteiger partial charge in [-0.25, -0.2) is 9.37 Å². The summed E-state index contributed by atoms with van der Waals surface area (Å²) in [4.78, 5) is 6.35. The fourth-order valence-corrected chi connectivity index (χ4v) is 3.74. The number of piperidine rings is 1. The lowest BCUT2D eigenvalue weighted by atomic mass is 9.89. The molecule has 4 rings (SSSR count). The first-order valence-electron chi connectivity index (χ1n) is 8.37. The highest BCUT2D eigenvalue weighted by Crippen LogP contribution is 2.36. The number of rotatable bonds is 4. The Morgan fingerprint density at radius 1 is 1.42 bits per heavy atom. The van der Waals surface area contributed by atoms with Crippen molar-refractivity contribution in [3.63, 3.8) is 0 Å². The molecule has 0 radical (unpaired) electrons. The number of hydrogen-bond donors (Lipinski definition) is 0. The Kier molecular flexibility index (Phi) is 4.24. The molecule has 0 unspecified atom stereocenters. The van der Waals surface area contributed by atoms with Gasteiger partial charge in [0.15, 0.2) is 5.82 Å². The molecule has 24 heavy (non-hydrogen) atoms. The van der Waals surface area contributed by atoms with E-state index in [1.54, 1.807) is 18.6 Å². The second kappa shape index (κ2) is 6.53. The highest BCUT2D eigenvalue weighted by Gasteiger charge is 2.44. The van der Waals surface area contributed by atoms with Gasteiger partial charge in [0, 0.05) is 31.3 Å². The SMILES string of the molecule is Fc1cccnc1O[C@@H]1CO[C@]2(CCCN(Cc3ccoc3)C2)C1. The molecule has 0 bridgehead atoms. The summed E-state index contributed by atoms with van der Waals surface area (Å²) in [7, 11) is 0. The molecule has 2 aliphatic rings. The van der Waals surface area contributed by atoms with E-state index in [4.69, 9.17) is 13.9 Å². The molecule has 0 N–H and O–H groups in total. The number of halogens is 1. The van der Waals surface area contributed by atoms with Crippen molar-refractivity contribution in [1.29, 1.82) is 0 Å². The Bertz CT molecular complexity index is 679. The lowest BCUT2D eigenvalue weighted by Crippen LogP contribution is -2.47. The van der Waals surface area contributed by atoms with Crippen LogP contribution in [-0.2, 0) is 11.3 Å². The quantitative estimate of drug-likeness (QED) is 0.861. The molecule has 0 saturated carbocycles. The van der Waals surface area contributed by atoms with Crippen LogP contribution in [0.15, 0.2) is 41.3 Å². The maximum atomic E-state index is 13.7. The van der Waals surface area contributed by atoms with Crippen LogP contribution in [0.2, 0.25) is 0 Å². The summed E-state index contributed by atoms with van der Waals surface area (Å²) in [5, 5.41) is 0. The van der Waals surface area contributed by atoms with Gasteiger partial charge in [0.05, 0.1) is 24.7 Å². The van der Waals surface area contributed by atoms with Crippen molar-refractivity contribution in [2.24, 2.45) is 0 Å². The highest BCUT2D eigenvalue weighted by atomic mass is 19.1. The van der Waals surface area contributed by atoms with E-state index in [-0.39, 0.29) is 17.6 Å². The Balaban J connectivity index is 1.38. The van der Waals surface area contributed by atoms with E-state index in [2.05, 4.69) is 9.88 Å². The normalized spacial score (nSPS) is 27.6. The van der Waals surface area contributed by atoms with Crippen LogP contribution >= 0.6 is 0 Å². The van der Waals surface area contributed by atoms with Crippen molar-refractivity contribution in [3.8, 4) is 5.88 Å². The first kappa shape index (κ1) is 15.6. The Morgan fingerprint density at radius 2 is 2.38 bits per heavy atom. The zero-order valence-electron chi connectivity index (χ0n) is 13.5. The summed E-state index contributed by atoms with van der Waals surface area (Å²) in [6.45, 7) is 3.26. The fourth-order valence-electron chi connectivity index (χ4n) is 3.74. The summed E-state index contributed by atoms with van der Waals surface area (Å²) in [6, 6.07) is 4.91. The van der Waals surface area contributed by atoms with Gasteiger partial charge in [0.2, 0.25) is 0 Å². The molecular formula is C18H21FN2O3. The van der Waals surface area contributed by atoms with Crippen molar-refractivity contribution in [2.45, 2.75) is 37.5 Å². The molecule has 0 amide bonds. The summed E-state index contributed by atoms with van der Waals surface area (Å²) in [5.41, 5.74) is 0.978. The number of hydrogen-bond acceptors (Lipinski definition) is 5. The molecule has 6 heteroatoms. The molecule has 2 aromatic rings. The number of aromatic nitrogens is 1. The molecule has 5 nitrogen and oxygen atoms in total. The molecule has 2 aromatic heterocycles. The number of nitrogens with zero attached hydrogens (tertiary/aromatic N) is 2. The van der Waals surface area contributed by atoms with Gasteiger partial charge in [-0.15, -0.1) is 0 Å². The van der Waals surface area contributed by atoms with Crippen molar-refractivity contribution >= 4 is 0 Å². The maximum absolute atomic E-state index is 13.7. The summed E-state index contributed by atoms with van der Waals surface area (Å²) in [6.07, 6.45) is 7.74. The lowest BCUT2D eigenvalue weighted by molar-refractivity contribution is -0.0538. The molecule has 4 heterocycles. The Morgan fingerprint density at radius 3 is 3.21 bits per heavy atom. The standard InChI is InChI=1S/C18H21FN2O3/c19-16-3-1-6-20-17(16)24-15-9-18(23-12-15)5-2-7-21(13-18)10-14-4-8-22-11-14/h1,3-4,6,8,11,15H,2,5,7,9-10,12-13H2/t15-,18+/m0/s1. The Hall–Kier alpha value is -1.92. The van der Waals surface area contributed by atoms with E-state index in [1.807, 2.05) is 6.07 Å². The van der Waals surface area contributed by atoms with Gasteiger partial charge in [-0.1, -0.05) is 0 Å². The molecule has 0 aromatic carbocycles. The van der Waals surface area contributed by atoms with E-state index in [0.717, 1.165) is 38.9 Å². The number of furan rings is 1. The van der Waals surface area contributed by atoms with Crippen LogP contribution in [0.1, 0.15) is 24.8 Å². The van der Waals surface area contributed by atoms with Crippen LogP contribution in [0.25, 0.3) is 0 Å².